The van der Waals surface area contributed by atoms with Crippen molar-refractivity contribution >= 4 is 11.8 Å². The van der Waals surface area contributed by atoms with Crippen LogP contribution in [0.4, 0.5) is 0 Å². The lowest BCUT2D eigenvalue weighted by Crippen LogP contribution is -2.81. The lowest BCUT2D eigenvalue weighted by Gasteiger charge is -1.95. The summed E-state index contributed by atoms with van der Waals surface area (Å²) < 4.78 is 0. The van der Waals surface area contributed by atoms with Gasteiger partial charge >= 0.3 is 5.91 Å². The van der Waals surface area contributed by atoms with Crippen LogP contribution < -0.4 is 10.6 Å². The van der Waals surface area contributed by atoms with E-state index in [2.05, 4.69) is 14.1 Å². The van der Waals surface area contributed by atoms with Gasteiger partial charge in [-0.15, -0.1) is 14.1 Å². The summed E-state index contributed by atoms with van der Waals surface area (Å²) in [6.07, 6.45) is 0. The molecule has 0 saturated heterocycles. The molecule has 0 bridgehead atoms. The van der Waals surface area contributed by atoms with Gasteiger partial charge in [0, 0.05) is 6.92 Å². The van der Waals surface area contributed by atoms with Gasteiger partial charge in [0.25, 0.3) is 5.91 Å². The van der Waals surface area contributed by atoms with Crippen molar-refractivity contribution in [2.45, 2.75) is 34.6 Å². The Hall–Kier alpha value is -2.30. The van der Waals surface area contributed by atoms with E-state index >= 15 is 0 Å². The number of carbonyl (C=O) groups is 2. The zero-order valence-corrected chi connectivity index (χ0v) is 16.2. The van der Waals surface area contributed by atoms with E-state index in [9.17, 15) is 9.59 Å². The molecular weight excluding hydrogens is 312 g/mol. The Morgan fingerprint density at radius 1 is 0.680 bits per heavy atom. The van der Waals surface area contributed by atoms with E-state index in [0.717, 1.165) is 0 Å². The van der Waals surface area contributed by atoms with Crippen molar-refractivity contribution in [3.8, 4) is 0 Å². The van der Waals surface area contributed by atoms with Crippen molar-refractivity contribution in [2.75, 3.05) is 0 Å². The molecule has 2 aromatic rings. The second-order valence-corrected chi connectivity index (χ2v) is 3.90. The second-order valence-electron chi connectivity index (χ2n) is 3.90. The third-order valence-corrected chi connectivity index (χ3v) is 2.20. The molecule has 0 unspecified atom stereocenters. The maximum atomic E-state index is 10.9. The van der Waals surface area contributed by atoms with Crippen molar-refractivity contribution in [1.29, 1.82) is 0 Å². The van der Waals surface area contributed by atoms with Gasteiger partial charge in [0.2, 0.25) is 0 Å². The Kier molecular flexibility index (Phi) is 26.4. The first-order valence-corrected chi connectivity index (χ1v) is 8.46. The van der Waals surface area contributed by atoms with Gasteiger partial charge in [-0.3, -0.25) is 0 Å². The first-order valence-electron chi connectivity index (χ1n) is 8.46. The molecule has 140 valence electrons. The fourth-order valence-electron chi connectivity index (χ4n) is 1.11. The average Bonchev–Trinajstić information content (AvgIpc) is 2.73. The standard InChI is InChI=1S/C8H9NO.C6H6.C3H7NO.2C2H6/c1-9-8(10)7-5-3-2-4-6-7;1-2-4-6-5-3-1;1-3(5)4-2;2*1-2/h2-6H,1,9H2;1-6H;2,4H2,1H3;2*1-2H3. The molecule has 0 atom stereocenters. The molecule has 4 heteroatoms. The Bertz CT molecular complexity index is 473. The molecule has 0 saturated carbocycles. The highest BCUT2D eigenvalue weighted by molar-refractivity contribution is 5.86. The Morgan fingerprint density at radius 2 is 0.960 bits per heavy atom. The minimum atomic E-state index is -0.0272. The van der Waals surface area contributed by atoms with Crippen LogP contribution in [0.15, 0.2) is 66.7 Å². The molecule has 0 aliphatic carbocycles. The van der Waals surface area contributed by atoms with Gasteiger partial charge in [0.15, 0.2) is 0 Å². The Labute approximate surface area is 153 Å². The molecule has 0 spiro atoms. The minimum Gasteiger partial charge on any atom is -0.415 e. The van der Waals surface area contributed by atoms with Crippen LogP contribution in [0.3, 0.4) is 0 Å². The molecule has 0 aromatic heterocycles. The van der Waals surface area contributed by atoms with Crippen molar-refractivity contribution in [1.82, 2.24) is 0 Å². The number of nitrogens with two attached hydrogens (primary N) is 2. The molecule has 0 radical (unpaired) electrons. The van der Waals surface area contributed by atoms with E-state index in [1.807, 2.05) is 82.3 Å². The van der Waals surface area contributed by atoms with Crippen LogP contribution in [-0.4, -0.2) is 11.8 Å². The quantitative estimate of drug-likeness (QED) is 0.780. The fraction of sp³-hybridized carbons (Fsp3) is 0.238. The Morgan fingerprint density at radius 3 is 1.20 bits per heavy atom. The summed E-state index contributed by atoms with van der Waals surface area (Å²) in [6, 6.07) is 21.1. The molecule has 0 aliphatic rings. The van der Waals surface area contributed by atoms with Crippen LogP contribution in [-0.2, 0) is 4.79 Å². The minimum absolute atomic E-state index is 0.0185. The van der Waals surface area contributed by atoms with Crippen LogP contribution in [0.2, 0.25) is 0 Å². The van der Waals surface area contributed by atoms with Crippen LogP contribution in [0.5, 0.6) is 0 Å². The van der Waals surface area contributed by atoms with Gasteiger partial charge in [0.1, 0.15) is 0 Å². The molecule has 25 heavy (non-hydrogen) atoms. The number of carbonyl (C=O) groups excluding carboxylic acids is 2. The van der Waals surface area contributed by atoms with Crippen molar-refractivity contribution < 1.29 is 20.2 Å². The van der Waals surface area contributed by atoms with Gasteiger partial charge in [-0.1, -0.05) is 82.3 Å². The molecule has 2 amide bonds. The van der Waals surface area contributed by atoms with Gasteiger partial charge in [-0.2, -0.15) is 0 Å². The van der Waals surface area contributed by atoms with Crippen molar-refractivity contribution in [3.05, 3.63) is 86.4 Å². The maximum absolute atomic E-state index is 10.9. The van der Waals surface area contributed by atoms with E-state index in [4.69, 9.17) is 0 Å². The number of quaternary nitrogens is 2. The van der Waals surface area contributed by atoms with Crippen LogP contribution in [0, 0.1) is 14.1 Å². The normalized spacial score (nSPS) is 7.64. The average molecular weight is 347 g/mol. The second kappa shape index (κ2) is 24.0. The lowest BCUT2D eigenvalue weighted by molar-refractivity contribution is -0.505. The van der Waals surface area contributed by atoms with Gasteiger partial charge in [-0.05, 0) is 12.1 Å². The van der Waals surface area contributed by atoms with E-state index in [1.165, 1.54) is 17.6 Å². The molecule has 0 heterocycles. The highest BCUT2D eigenvalue weighted by atomic mass is 16.2. The van der Waals surface area contributed by atoms with Gasteiger partial charge < -0.3 is 10.6 Å². The first-order chi connectivity index (χ1) is 12.1. The monoisotopic (exact) mass is 346 g/mol. The molecule has 2 aromatic carbocycles. The third kappa shape index (κ3) is 21.7. The fourth-order valence-corrected chi connectivity index (χ4v) is 1.11. The van der Waals surface area contributed by atoms with Gasteiger partial charge in [0.05, 0.1) is 5.56 Å². The summed E-state index contributed by atoms with van der Waals surface area (Å²) in [5.74, 6) is -0.00870. The van der Waals surface area contributed by atoms with Crippen LogP contribution >= 0.6 is 0 Å². The first kappa shape index (κ1) is 27.5. The largest absolute Gasteiger partial charge is 0.415 e. The summed E-state index contributed by atoms with van der Waals surface area (Å²) in [7, 11) is 6.60. The molecule has 0 fully saturated rings. The SMILES string of the molecule is CC.CC.[CH2-][NH2+]C(=O)c1ccccc1.[CH2-][NH2+]C(C)=O.c1ccccc1. The van der Waals surface area contributed by atoms with Crippen molar-refractivity contribution in [2.24, 2.45) is 0 Å². The zero-order chi connectivity index (χ0) is 19.9. The summed E-state index contributed by atoms with van der Waals surface area (Å²) in [4.78, 5) is 20.6. The summed E-state index contributed by atoms with van der Waals surface area (Å²) >= 11 is 0. The maximum Gasteiger partial charge on any atom is 0.316 e. The smallest absolute Gasteiger partial charge is 0.316 e. The van der Waals surface area contributed by atoms with Gasteiger partial charge in [-0.25, -0.2) is 9.59 Å². The Balaban J connectivity index is -0.000000279. The van der Waals surface area contributed by atoms with E-state index in [0.29, 0.717) is 5.56 Å². The van der Waals surface area contributed by atoms with Crippen LogP contribution in [0.1, 0.15) is 45.0 Å². The number of benzene rings is 2. The number of rotatable bonds is 1. The third-order valence-electron chi connectivity index (χ3n) is 2.20. The van der Waals surface area contributed by atoms with Crippen LogP contribution in [0.25, 0.3) is 0 Å². The topological polar surface area (TPSA) is 67.4 Å². The highest BCUT2D eigenvalue weighted by Crippen LogP contribution is 1.94. The van der Waals surface area contributed by atoms with E-state index < -0.39 is 0 Å². The lowest BCUT2D eigenvalue weighted by atomic mass is 10.2. The summed E-state index contributed by atoms with van der Waals surface area (Å²) in [5.41, 5.74) is 0.692. The predicted octanol–water partition coefficient (Wildman–Crippen LogP) is 2.81. The van der Waals surface area contributed by atoms with E-state index in [-0.39, 0.29) is 11.8 Å². The van der Waals surface area contributed by atoms with E-state index in [1.54, 1.807) is 12.1 Å². The molecular formula is C21H34N2O2. The van der Waals surface area contributed by atoms with Crippen molar-refractivity contribution in [3.63, 3.8) is 0 Å². The number of primary amides is 2. The zero-order valence-electron chi connectivity index (χ0n) is 16.2. The molecule has 4 nitrogen and oxygen atoms in total. The number of amides is 2. The molecule has 0 aliphatic heterocycles. The predicted molar refractivity (Wildman–Crippen MR) is 105 cm³/mol. The highest BCUT2D eigenvalue weighted by Gasteiger charge is 2.00. The molecule has 2 rings (SSSR count). The number of hydrogen-bond acceptors (Lipinski definition) is 2. The number of hydrogen-bond donors (Lipinski definition) is 2. The molecule has 4 N–H and O–H groups in total. The summed E-state index contributed by atoms with van der Waals surface area (Å²) in [6.45, 7) is 9.47. The summed E-state index contributed by atoms with van der Waals surface area (Å²) in [5, 5.41) is 2.59.